The molecule has 1 saturated carbocycles. The molecule has 0 spiro atoms. The van der Waals surface area contributed by atoms with Gasteiger partial charge in [-0.1, -0.05) is 0 Å². The van der Waals surface area contributed by atoms with Crippen LogP contribution in [0.25, 0.3) is 0 Å². The van der Waals surface area contributed by atoms with E-state index in [9.17, 15) is 4.39 Å². The van der Waals surface area contributed by atoms with Crippen LogP contribution in [-0.4, -0.2) is 24.2 Å². The molecule has 1 N–H and O–H groups in total. The highest BCUT2D eigenvalue weighted by molar-refractivity contribution is 5.10. The Balaban J connectivity index is 1.41. The topological polar surface area (TPSA) is 34.1 Å². The zero-order chi connectivity index (χ0) is 11.7. The molecule has 0 unspecified atom stereocenters. The SMILES string of the molecule is Fc1ccc(OCC[C@@H]2C[C@H]3C[C@H]3CN2)nc1. The number of rotatable bonds is 4. The van der Waals surface area contributed by atoms with E-state index in [1.54, 1.807) is 6.07 Å². The molecule has 1 aliphatic heterocycles. The first-order valence-corrected chi connectivity index (χ1v) is 6.29. The molecule has 92 valence electrons. The first kappa shape index (κ1) is 11.0. The van der Waals surface area contributed by atoms with E-state index < -0.39 is 0 Å². The summed E-state index contributed by atoms with van der Waals surface area (Å²) in [7, 11) is 0. The maximum atomic E-state index is 12.6. The minimum atomic E-state index is -0.328. The second kappa shape index (κ2) is 4.61. The van der Waals surface area contributed by atoms with Crippen LogP contribution in [0.15, 0.2) is 18.3 Å². The predicted molar refractivity (Wildman–Crippen MR) is 62.3 cm³/mol. The van der Waals surface area contributed by atoms with Gasteiger partial charge in [0.05, 0.1) is 12.8 Å². The molecular weight excluding hydrogens is 219 g/mol. The van der Waals surface area contributed by atoms with Crippen LogP contribution in [0.1, 0.15) is 19.3 Å². The number of nitrogens with one attached hydrogen (secondary N) is 1. The second-order valence-corrected chi connectivity index (χ2v) is 5.05. The molecule has 0 amide bonds. The van der Waals surface area contributed by atoms with Crippen molar-refractivity contribution in [2.24, 2.45) is 11.8 Å². The molecule has 2 aliphatic rings. The zero-order valence-corrected chi connectivity index (χ0v) is 9.73. The fourth-order valence-corrected chi connectivity index (χ4v) is 2.59. The molecule has 0 radical (unpaired) electrons. The Labute approximate surface area is 100 Å². The lowest BCUT2D eigenvalue weighted by Crippen LogP contribution is -2.36. The fraction of sp³-hybridized carbons (Fsp3) is 0.615. The standard InChI is InChI=1S/C13H17FN2O/c14-11-1-2-13(16-8-11)17-4-3-12-6-9-5-10(9)7-15-12/h1-2,8-10,12,15H,3-7H2/t9-,10+,12-/m1/s1. The van der Waals surface area contributed by atoms with Crippen LogP contribution in [0.3, 0.4) is 0 Å². The molecule has 17 heavy (non-hydrogen) atoms. The summed E-state index contributed by atoms with van der Waals surface area (Å²) in [5.74, 6) is 2.09. The Morgan fingerprint density at radius 1 is 1.35 bits per heavy atom. The fourth-order valence-electron chi connectivity index (χ4n) is 2.59. The normalized spacial score (nSPS) is 30.8. The maximum Gasteiger partial charge on any atom is 0.213 e. The smallest absolute Gasteiger partial charge is 0.213 e. The molecular formula is C13H17FN2O. The summed E-state index contributed by atoms with van der Waals surface area (Å²) in [5.41, 5.74) is 0. The number of hydrogen-bond donors (Lipinski definition) is 1. The molecule has 1 aliphatic carbocycles. The molecule has 2 heterocycles. The summed E-state index contributed by atoms with van der Waals surface area (Å²) in [6.45, 7) is 1.82. The van der Waals surface area contributed by atoms with Crippen molar-refractivity contribution in [1.29, 1.82) is 0 Å². The van der Waals surface area contributed by atoms with Crippen molar-refractivity contribution in [2.45, 2.75) is 25.3 Å². The number of hydrogen-bond acceptors (Lipinski definition) is 3. The minimum Gasteiger partial charge on any atom is -0.478 e. The first-order chi connectivity index (χ1) is 8.31. The predicted octanol–water partition coefficient (Wildman–Crippen LogP) is 1.99. The highest BCUT2D eigenvalue weighted by atomic mass is 19.1. The number of nitrogens with zero attached hydrogens (tertiary/aromatic N) is 1. The third-order valence-electron chi connectivity index (χ3n) is 3.74. The van der Waals surface area contributed by atoms with E-state index in [4.69, 9.17) is 4.74 Å². The van der Waals surface area contributed by atoms with Crippen LogP contribution >= 0.6 is 0 Å². The van der Waals surface area contributed by atoms with E-state index in [0.29, 0.717) is 18.5 Å². The van der Waals surface area contributed by atoms with Gasteiger partial charge in [0.1, 0.15) is 5.82 Å². The van der Waals surface area contributed by atoms with Gasteiger partial charge < -0.3 is 10.1 Å². The lowest BCUT2D eigenvalue weighted by Gasteiger charge is -2.22. The third-order valence-corrected chi connectivity index (χ3v) is 3.74. The van der Waals surface area contributed by atoms with Gasteiger partial charge in [0.2, 0.25) is 5.88 Å². The highest BCUT2D eigenvalue weighted by Gasteiger charge is 2.41. The largest absolute Gasteiger partial charge is 0.478 e. The monoisotopic (exact) mass is 236 g/mol. The number of piperidine rings is 1. The third kappa shape index (κ3) is 2.75. The average Bonchev–Trinajstić information content (AvgIpc) is 3.10. The van der Waals surface area contributed by atoms with E-state index in [-0.39, 0.29) is 5.82 Å². The van der Waals surface area contributed by atoms with Gasteiger partial charge in [0.25, 0.3) is 0 Å². The second-order valence-electron chi connectivity index (χ2n) is 5.05. The van der Waals surface area contributed by atoms with Crippen LogP contribution in [-0.2, 0) is 0 Å². The van der Waals surface area contributed by atoms with Crippen molar-refractivity contribution in [3.05, 3.63) is 24.1 Å². The van der Waals surface area contributed by atoms with Crippen LogP contribution < -0.4 is 10.1 Å². The van der Waals surface area contributed by atoms with Crippen molar-refractivity contribution >= 4 is 0 Å². The number of fused-ring (bicyclic) bond motifs is 1. The molecule has 0 bridgehead atoms. The maximum absolute atomic E-state index is 12.6. The van der Waals surface area contributed by atoms with Crippen molar-refractivity contribution in [3.63, 3.8) is 0 Å². The van der Waals surface area contributed by atoms with Gasteiger partial charge in [0, 0.05) is 12.1 Å². The lowest BCUT2D eigenvalue weighted by molar-refractivity contribution is 0.257. The average molecular weight is 236 g/mol. The van der Waals surface area contributed by atoms with Crippen molar-refractivity contribution in [1.82, 2.24) is 10.3 Å². The van der Waals surface area contributed by atoms with Gasteiger partial charge >= 0.3 is 0 Å². The Morgan fingerprint density at radius 3 is 3.06 bits per heavy atom. The summed E-state index contributed by atoms with van der Waals surface area (Å²) in [6.07, 6.45) is 4.88. The summed E-state index contributed by atoms with van der Waals surface area (Å²) in [4.78, 5) is 3.87. The highest BCUT2D eigenvalue weighted by Crippen LogP contribution is 2.44. The zero-order valence-electron chi connectivity index (χ0n) is 9.73. The Morgan fingerprint density at radius 2 is 2.29 bits per heavy atom. The molecule has 1 saturated heterocycles. The summed E-state index contributed by atoms with van der Waals surface area (Å²) in [6, 6.07) is 3.52. The van der Waals surface area contributed by atoms with E-state index >= 15 is 0 Å². The van der Waals surface area contributed by atoms with Gasteiger partial charge in [-0.2, -0.15) is 0 Å². The molecule has 4 heteroatoms. The van der Waals surface area contributed by atoms with E-state index in [2.05, 4.69) is 10.3 Å². The van der Waals surface area contributed by atoms with Crippen molar-refractivity contribution in [2.75, 3.05) is 13.2 Å². The first-order valence-electron chi connectivity index (χ1n) is 6.29. The van der Waals surface area contributed by atoms with Crippen molar-refractivity contribution in [3.8, 4) is 5.88 Å². The summed E-state index contributed by atoms with van der Waals surface area (Å²) in [5, 5.41) is 3.55. The van der Waals surface area contributed by atoms with Gasteiger partial charge in [-0.25, -0.2) is 9.37 Å². The molecule has 0 aromatic carbocycles. The molecule has 3 nitrogen and oxygen atoms in total. The van der Waals surface area contributed by atoms with Gasteiger partial charge in [-0.15, -0.1) is 0 Å². The van der Waals surface area contributed by atoms with Crippen LogP contribution in [0.5, 0.6) is 5.88 Å². The lowest BCUT2D eigenvalue weighted by atomic mass is 10.0. The van der Waals surface area contributed by atoms with Crippen LogP contribution in [0.2, 0.25) is 0 Å². The number of halogens is 1. The molecule has 2 fully saturated rings. The minimum absolute atomic E-state index is 0.328. The molecule has 3 atom stereocenters. The Kier molecular flexibility index (Phi) is 2.97. The van der Waals surface area contributed by atoms with E-state index in [1.165, 1.54) is 31.6 Å². The number of aromatic nitrogens is 1. The quantitative estimate of drug-likeness (QED) is 0.868. The number of ether oxygens (including phenoxy) is 1. The van der Waals surface area contributed by atoms with E-state index in [1.807, 2.05) is 0 Å². The summed E-state index contributed by atoms with van der Waals surface area (Å²) < 4.78 is 18.1. The Bertz CT molecular complexity index is 382. The van der Waals surface area contributed by atoms with Crippen LogP contribution in [0, 0.1) is 17.7 Å². The molecule has 3 rings (SSSR count). The van der Waals surface area contributed by atoms with Gasteiger partial charge in [0.15, 0.2) is 0 Å². The molecule has 1 aromatic heterocycles. The van der Waals surface area contributed by atoms with Gasteiger partial charge in [-0.3, -0.25) is 0 Å². The molecule has 1 aromatic rings. The van der Waals surface area contributed by atoms with E-state index in [0.717, 1.165) is 18.3 Å². The number of pyridine rings is 1. The van der Waals surface area contributed by atoms with Gasteiger partial charge in [-0.05, 0) is 43.7 Å². The van der Waals surface area contributed by atoms with Crippen LogP contribution in [0.4, 0.5) is 4.39 Å². The van der Waals surface area contributed by atoms with Crippen molar-refractivity contribution < 1.29 is 9.13 Å². The Hall–Kier alpha value is -1.16. The summed E-state index contributed by atoms with van der Waals surface area (Å²) >= 11 is 0.